The Bertz CT molecular complexity index is 1120. The molecule has 0 saturated carbocycles. The number of hydrogen-bond acceptors (Lipinski definition) is 4. The molecule has 3 aromatic rings. The zero-order valence-electron chi connectivity index (χ0n) is 24.5. The number of methoxy groups -OCH3 is 2. The number of rotatable bonds is 20. The quantitative estimate of drug-likeness (QED) is 0.147. The Kier molecular flexibility index (Phi) is 13.7. The van der Waals surface area contributed by atoms with Crippen molar-refractivity contribution in [2.24, 2.45) is 0 Å². The Morgan fingerprint density at radius 1 is 0.769 bits per heavy atom. The van der Waals surface area contributed by atoms with Gasteiger partial charge in [-0.1, -0.05) is 103 Å². The second-order valence-corrected chi connectivity index (χ2v) is 10.5. The van der Waals surface area contributed by atoms with E-state index in [-0.39, 0.29) is 5.91 Å². The van der Waals surface area contributed by atoms with Crippen LogP contribution >= 0.6 is 0 Å². The number of aryl methyl sites for hydroxylation is 1. The van der Waals surface area contributed by atoms with Crippen LogP contribution in [0.15, 0.2) is 42.5 Å². The lowest BCUT2D eigenvalue weighted by molar-refractivity contribution is 0.0949. The molecule has 1 N–H and O–H groups in total. The molecule has 3 rings (SSSR count). The van der Waals surface area contributed by atoms with Crippen LogP contribution in [0.1, 0.15) is 113 Å². The molecule has 6 heteroatoms. The first-order chi connectivity index (χ1) is 19.2. The molecular weight excluding hydrogens is 486 g/mol. The molecule has 39 heavy (non-hydrogen) atoms. The molecule has 0 aliphatic rings. The van der Waals surface area contributed by atoms with Gasteiger partial charge in [0.05, 0.1) is 31.8 Å². The van der Waals surface area contributed by atoms with E-state index in [0.29, 0.717) is 23.6 Å². The highest BCUT2D eigenvalue weighted by atomic mass is 16.5. The summed E-state index contributed by atoms with van der Waals surface area (Å²) in [5.74, 6) is 1.87. The Balaban J connectivity index is 1.41. The van der Waals surface area contributed by atoms with Gasteiger partial charge in [0.1, 0.15) is 5.82 Å². The van der Waals surface area contributed by atoms with Gasteiger partial charge < -0.3 is 19.4 Å². The van der Waals surface area contributed by atoms with E-state index >= 15 is 0 Å². The van der Waals surface area contributed by atoms with Crippen LogP contribution in [-0.4, -0.2) is 29.7 Å². The summed E-state index contributed by atoms with van der Waals surface area (Å²) in [6.07, 6.45) is 18.9. The summed E-state index contributed by atoms with van der Waals surface area (Å²) in [4.78, 5) is 17.7. The zero-order valence-corrected chi connectivity index (χ0v) is 24.5. The number of imidazole rings is 1. The van der Waals surface area contributed by atoms with Crippen LogP contribution in [0.3, 0.4) is 0 Å². The summed E-state index contributed by atoms with van der Waals surface area (Å²) in [5, 5.41) is 3.04. The van der Waals surface area contributed by atoms with Crippen molar-refractivity contribution >= 4 is 16.9 Å². The van der Waals surface area contributed by atoms with E-state index in [1.54, 1.807) is 32.4 Å². The molecule has 0 spiro atoms. The molecule has 1 aromatic heterocycles. The van der Waals surface area contributed by atoms with Gasteiger partial charge in [-0.15, -0.1) is 0 Å². The molecule has 0 aliphatic heterocycles. The van der Waals surface area contributed by atoms with Crippen LogP contribution < -0.4 is 14.8 Å². The van der Waals surface area contributed by atoms with E-state index in [2.05, 4.69) is 28.9 Å². The van der Waals surface area contributed by atoms with Gasteiger partial charge in [-0.3, -0.25) is 4.79 Å². The number of carbonyl (C=O) groups is 1. The van der Waals surface area contributed by atoms with E-state index in [4.69, 9.17) is 14.5 Å². The largest absolute Gasteiger partial charge is 0.493 e. The number of unbranched alkanes of at least 4 members (excludes halogenated alkanes) is 13. The van der Waals surface area contributed by atoms with Gasteiger partial charge in [-0.2, -0.15) is 0 Å². The highest BCUT2D eigenvalue weighted by Crippen LogP contribution is 2.27. The Labute approximate surface area is 235 Å². The fraction of sp³-hybridized carbons (Fsp3) is 0.576. The second-order valence-electron chi connectivity index (χ2n) is 10.5. The highest BCUT2D eigenvalue weighted by molar-refractivity contribution is 5.94. The number of ether oxygens (including phenoxy) is 2. The van der Waals surface area contributed by atoms with Crippen molar-refractivity contribution < 1.29 is 14.3 Å². The molecule has 0 radical (unpaired) electrons. The van der Waals surface area contributed by atoms with Gasteiger partial charge in [-0.25, -0.2) is 4.98 Å². The van der Waals surface area contributed by atoms with Crippen molar-refractivity contribution in [1.29, 1.82) is 0 Å². The minimum Gasteiger partial charge on any atom is -0.493 e. The smallest absolute Gasteiger partial charge is 0.251 e. The first-order valence-corrected chi connectivity index (χ1v) is 15.1. The number of aromatic nitrogens is 2. The lowest BCUT2D eigenvalue weighted by atomic mass is 10.0. The summed E-state index contributed by atoms with van der Waals surface area (Å²) >= 11 is 0. The third kappa shape index (κ3) is 9.90. The first-order valence-electron chi connectivity index (χ1n) is 15.1. The molecule has 0 saturated heterocycles. The summed E-state index contributed by atoms with van der Waals surface area (Å²) in [6, 6.07) is 13.4. The Morgan fingerprint density at radius 3 is 1.97 bits per heavy atom. The minimum atomic E-state index is -0.161. The van der Waals surface area contributed by atoms with Crippen molar-refractivity contribution in [1.82, 2.24) is 14.9 Å². The fourth-order valence-electron chi connectivity index (χ4n) is 5.21. The molecule has 0 atom stereocenters. The van der Waals surface area contributed by atoms with E-state index < -0.39 is 0 Å². The molecule has 1 amide bonds. The average molecular weight is 536 g/mol. The topological polar surface area (TPSA) is 65.4 Å². The minimum absolute atomic E-state index is 0.161. The molecule has 0 bridgehead atoms. The van der Waals surface area contributed by atoms with Crippen LogP contribution in [0.2, 0.25) is 0 Å². The molecule has 0 unspecified atom stereocenters. The number of para-hydroxylation sites is 2. The Morgan fingerprint density at radius 2 is 1.36 bits per heavy atom. The number of nitrogens with one attached hydrogen (secondary N) is 1. The van der Waals surface area contributed by atoms with Gasteiger partial charge in [0.2, 0.25) is 0 Å². The van der Waals surface area contributed by atoms with E-state index in [0.717, 1.165) is 29.8 Å². The van der Waals surface area contributed by atoms with E-state index in [9.17, 15) is 4.79 Å². The van der Waals surface area contributed by atoms with Crippen molar-refractivity contribution in [3.8, 4) is 11.5 Å². The summed E-state index contributed by atoms with van der Waals surface area (Å²) in [5.41, 5.74) is 2.63. The summed E-state index contributed by atoms with van der Waals surface area (Å²) in [7, 11) is 3.15. The molecule has 1 heterocycles. The molecule has 2 aromatic carbocycles. The second kappa shape index (κ2) is 17.5. The van der Waals surface area contributed by atoms with Crippen LogP contribution in [-0.2, 0) is 13.1 Å². The third-order valence-electron chi connectivity index (χ3n) is 7.52. The summed E-state index contributed by atoms with van der Waals surface area (Å²) in [6.45, 7) is 3.57. The number of nitrogens with zero attached hydrogens (tertiary/aromatic N) is 2. The van der Waals surface area contributed by atoms with E-state index in [1.165, 1.54) is 83.5 Å². The molecule has 6 nitrogen and oxygen atoms in total. The van der Waals surface area contributed by atoms with Crippen molar-refractivity contribution in [3.63, 3.8) is 0 Å². The molecule has 0 fully saturated rings. The number of hydrogen-bond donors (Lipinski definition) is 1. The number of carbonyl (C=O) groups excluding carboxylic acids is 1. The van der Waals surface area contributed by atoms with Crippen molar-refractivity contribution in [2.45, 2.75) is 110 Å². The monoisotopic (exact) mass is 535 g/mol. The zero-order chi connectivity index (χ0) is 27.7. The van der Waals surface area contributed by atoms with Crippen molar-refractivity contribution in [2.75, 3.05) is 14.2 Å². The van der Waals surface area contributed by atoms with Gasteiger partial charge >= 0.3 is 0 Å². The van der Waals surface area contributed by atoms with Gasteiger partial charge in [0, 0.05) is 12.1 Å². The number of fused-ring (bicyclic) bond motifs is 1. The average Bonchev–Trinajstić information content (AvgIpc) is 3.32. The lowest BCUT2D eigenvalue weighted by Crippen LogP contribution is -2.25. The van der Waals surface area contributed by atoms with Gasteiger partial charge in [0.15, 0.2) is 11.5 Å². The molecular formula is C33H49N3O3. The predicted molar refractivity (Wildman–Crippen MR) is 161 cm³/mol. The highest BCUT2D eigenvalue weighted by Gasteiger charge is 2.14. The van der Waals surface area contributed by atoms with E-state index in [1.807, 2.05) is 12.1 Å². The van der Waals surface area contributed by atoms with Crippen LogP contribution in [0.25, 0.3) is 11.0 Å². The van der Waals surface area contributed by atoms with Crippen LogP contribution in [0.4, 0.5) is 0 Å². The maximum absolute atomic E-state index is 12.9. The maximum Gasteiger partial charge on any atom is 0.251 e. The normalized spacial score (nSPS) is 11.2. The van der Waals surface area contributed by atoms with Gasteiger partial charge in [0.25, 0.3) is 5.91 Å². The van der Waals surface area contributed by atoms with Crippen LogP contribution in [0, 0.1) is 0 Å². The third-order valence-corrected chi connectivity index (χ3v) is 7.52. The summed E-state index contributed by atoms with van der Waals surface area (Å²) < 4.78 is 12.9. The number of benzene rings is 2. The fourth-order valence-corrected chi connectivity index (χ4v) is 5.21. The molecule has 214 valence electrons. The Hall–Kier alpha value is -3.02. The lowest BCUT2D eigenvalue weighted by Gasteiger charge is -2.12. The first kappa shape index (κ1) is 30.5. The predicted octanol–water partition coefficient (Wildman–Crippen LogP) is 8.46. The SMILES string of the molecule is CCCCCCCCCCCCCCCCn1c(CNC(=O)c2ccc(OC)c(OC)c2)nc2ccccc21. The van der Waals surface area contributed by atoms with Crippen molar-refractivity contribution in [3.05, 3.63) is 53.9 Å². The standard InChI is InChI=1S/C33H49N3O3/c1-4-5-6-7-8-9-10-11-12-13-14-15-16-19-24-36-29-21-18-17-20-28(29)35-32(36)26-34-33(37)27-22-23-30(38-2)31(25-27)39-3/h17-18,20-23,25H,4-16,19,24,26H2,1-3H3,(H,34,37). The maximum atomic E-state index is 12.9. The molecule has 0 aliphatic carbocycles. The number of amides is 1. The van der Waals surface area contributed by atoms with Crippen LogP contribution in [0.5, 0.6) is 11.5 Å². The van der Waals surface area contributed by atoms with Gasteiger partial charge in [-0.05, 0) is 36.8 Å².